The third-order valence-corrected chi connectivity index (χ3v) is 2.87. The molecule has 96 valence electrons. The van der Waals surface area contributed by atoms with Crippen LogP contribution >= 0.6 is 0 Å². The van der Waals surface area contributed by atoms with Crippen molar-refractivity contribution in [2.45, 2.75) is 45.5 Å². The van der Waals surface area contributed by atoms with E-state index < -0.39 is 5.60 Å². The van der Waals surface area contributed by atoms with Gasteiger partial charge >= 0.3 is 0 Å². The van der Waals surface area contributed by atoms with E-state index in [4.69, 9.17) is 9.47 Å². The van der Waals surface area contributed by atoms with Gasteiger partial charge in [-0.15, -0.1) is 0 Å². The highest BCUT2D eigenvalue weighted by atomic mass is 16.7. The molecule has 4 nitrogen and oxygen atoms in total. The van der Waals surface area contributed by atoms with Crippen LogP contribution in [0.15, 0.2) is 0 Å². The van der Waals surface area contributed by atoms with Gasteiger partial charge in [0.05, 0.1) is 5.60 Å². The van der Waals surface area contributed by atoms with E-state index in [0.717, 1.165) is 25.9 Å². The summed E-state index contributed by atoms with van der Waals surface area (Å²) in [7, 11) is 0. The molecule has 4 heteroatoms. The molecule has 0 radical (unpaired) electrons. The second-order valence-corrected chi connectivity index (χ2v) is 4.68. The molecular weight excluding hydrogens is 206 g/mol. The fourth-order valence-corrected chi connectivity index (χ4v) is 2.22. The highest BCUT2D eigenvalue weighted by molar-refractivity contribution is 4.83. The van der Waals surface area contributed by atoms with Gasteiger partial charge in [-0.05, 0) is 40.2 Å². The van der Waals surface area contributed by atoms with Gasteiger partial charge in [-0.3, -0.25) is 4.90 Å². The second-order valence-electron chi connectivity index (χ2n) is 4.68. The van der Waals surface area contributed by atoms with Crippen molar-refractivity contribution >= 4 is 0 Å². The van der Waals surface area contributed by atoms with E-state index in [2.05, 4.69) is 4.90 Å². The van der Waals surface area contributed by atoms with E-state index in [9.17, 15) is 5.11 Å². The van der Waals surface area contributed by atoms with Crippen LogP contribution in [-0.2, 0) is 9.47 Å². The Morgan fingerprint density at radius 2 is 1.94 bits per heavy atom. The highest BCUT2D eigenvalue weighted by Crippen LogP contribution is 2.20. The zero-order valence-corrected chi connectivity index (χ0v) is 10.7. The Bertz CT molecular complexity index is 191. The number of likely N-dealkylation sites (tertiary alicyclic amines) is 1. The summed E-state index contributed by atoms with van der Waals surface area (Å²) in [6.07, 6.45) is 1.76. The third-order valence-electron chi connectivity index (χ3n) is 2.87. The van der Waals surface area contributed by atoms with Crippen LogP contribution in [0.5, 0.6) is 0 Å². The summed E-state index contributed by atoms with van der Waals surface area (Å²) in [4.78, 5) is 2.22. The van der Waals surface area contributed by atoms with Crippen molar-refractivity contribution in [1.82, 2.24) is 4.90 Å². The van der Waals surface area contributed by atoms with E-state index in [-0.39, 0.29) is 6.29 Å². The van der Waals surface area contributed by atoms with Crippen molar-refractivity contribution in [3.05, 3.63) is 0 Å². The van der Waals surface area contributed by atoms with Gasteiger partial charge in [-0.2, -0.15) is 0 Å². The summed E-state index contributed by atoms with van der Waals surface area (Å²) < 4.78 is 11.0. The van der Waals surface area contributed by atoms with Crippen LogP contribution in [0.2, 0.25) is 0 Å². The lowest BCUT2D eigenvalue weighted by atomic mass is 9.95. The van der Waals surface area contributed by atoms with Crippen LogP contribution in [0.1, 0.15) is 33.6 Å². The maximum atomic E-state index is 9.99. The van der Waals surface area contributed by atoms with Crippen LogP contribution in [0.4, 0.5) is 0 Å². The molecule has 0 aromatic carbocycles. The zero-order valence-electron chi connectivity index (χ0n) is 10.7. The second kappa shape index (κ2) is 6.55. The summed E-state index contributed by atoms with van der Waals surface area (Å²) in [5, 5.41) is 9.99. The topological polar surface area (TPSA) is 41.9 Å². The Morgan fingerprint density at radius 3 is 2.44 bits per heavy atom. The van der Waals surface area contributed by atoms with Gasteiger partial charge in [-0.1, -0.05) is 0 Å². The van der Waals surface area contributed by atoms with E-state index in [0.29, 0.717) is 19.8 Å². The lowest BCUT2D eigenvalue weighted by Gasteiger charge is -2.38. The van der Waals surface area contributed by atoms with Crippen LogP contribution in [0, 0.1) is 0 Å². The van der Waals surface area contributed by atoms with Gasteiger partial charge in [0.2, 0.25) is 0 Å². The molecule has 1 N–H and O–H groups in total. The Morgan fingerprint density at radius 1 is 1.31 bits per heavy atom. The van der Waals surface area contributed by atoms with Crippen molar-refractivity contribution in [2.75, 3.05) is 32.8 Å². The first-order valence-corrected chi connectivity index (χ1v) is 6.25. The van der Waals surface area contributed by atoms with Crippen LogP contribution in [0.25, 0.3) is 0 Å². The number of piperidine rings is 1. The lowest BCUT2D eigenvalue weighted by Crippen LogP contribution is -2.49. The average Bonchev–Trinajstić information content (AvgIpc) is 2.16. The van der Waals surface area contributed by atoms with Gasteiger partial charge in [0, 0.05) is 26.3 Å². The predicted molar refractivity (Wildman–Crippen MR) is 63.3 cm³/mol. The maximum absolute atomic E-state index is 9.99. The smallest absolute Gasteiger partial charge is 0.170 e. The summed E-state index contributed by atoms with van der Waals surface area (Å²) in [5.74, 6) is 0. The Hall–Kier alpha value is -0.160. The molecule has 0 aromatic heterocycles. The number of rotatable bonds is 6. The Balaban J connectivity index is 2.38. The van der Waals surface area contributed by atoms with Crippen molar-refractivity contribution in [3.8, 4) is 0 Å². The Labute approximate surface area is 98.5 Å². The van der Waals surface area contributed by atoms with Crippen LogP contribution in [-0.4, -0.2) is 54.7 Å². The number of hydrogen-bond acceptors (Lipinski definition) is 4. The summed E-state index contributed by atoms with van der Waals surface area (Å²) >= 11 is 0. The molecule has 0 aromatic rings. The van der Waals surface area contributed by atoms with E-state index in [1.54, 1.807) is 0 Å². The summed E-state index contributed by atoms with van der Waals surface area (Å²) in [6, 6.07) is 0. The normalized spacial score (nSPS) is 27.6. The largest absolute Gasteiger partial charge is 0.389 e. The van der Waals surface area contributed by atoms with Gasteiger partial charge in [-0.25, -0.2) is 0 Å². The average molecular weight is 231 g/mol. The molecule has 16 heavy (non-hydrogen) atoms. The lowest BCUT2D eigenvalue weighted by molar-refractivity contribution is -0.154. The number of ether oxygens (including phenoxy) is 2. The van der Waals surface area contributed by atoms with Gasteiger partial charge in [0.25, 0.3) is 0 Å². The van der Waals surface area contributed by atoms with Crippen molar-refractivity contribution < 1.29 is 14.6 Å². The molecule has 0 bridgehead atoms. The molecule has 1 atom stereocenters. The van der Waals surface area contributed by atoms with Gasteiger partial charge in [0.1, 0.15) is 0 Å². The number of hydrogen-bond donors (Lipinski definition) is 1. The van der Waals surface area contributed by atoms with E-state index in [1.165, 1.54) is 0 Å². The molecule has 1 aliphatic heterocycles. The molecule has 1 aliphatic rings. The quantitative estimate of drug-likeness (QED) is 0.698. The maximum Gasteiger partial charge on any atom is 0.170 e. The highest BCUT2D eigenvalue weighted by Gasteiger charge is 2.29. The molecule has 0 saturated carbocycles. The van der Waals surface area contributed by atoms with E-state index >= 15 is 0 Å². The molecule has 1 unspecified atom stereocenters. The molecular formula is C12H25NO3. The Kier molecular flexibility index (Phi) is 5.69. The molecule has 1 saturated heterocycles. The standard InChI is InChI=1S/C12H25NO3/c1-4-15-11(16-5-2)9-13-8-6-7-12(3,14)10-13/h11,14H,4-10H2,1-3H3. The van der Waals surface area contributed by atoms with Gasteiger partial charge in [0.15, 0.2) is 6.29 Å². The minimum atomic E-state index is -0.554. The van der Waals surface area contributed by atoms with Crippen molar-refractivity contribution in [2.24, 2.45) is 0 Å². The van der Waals surface area contributed by atoms with E-state index in [1.807, 2.05) is 20.8 Å². The monoisotopic (exact) mass is 231 g/mol. The first-order valence-electron chi connectivity index (χ1n) is 6.25. The van der Waals surface area contributed by atoms with Crippen molar-refractivity contribution in [1.29, 1.82) is 0 Å². The van der Waals surface area contributed by atoms with Crippen molar-refractivity contribution in [3.63, 3.8) is 0 Å². The number of aliphatic hydroxyl groups is 1. The first kappa shape index (κ1) is 13.9. The SMILES string of the molecule is CCOC(CN1CCCC(C)(O)C1)OCC. The summed E-state index contributed by atoms with van der Waals surface area (Å²) in [5.41, 5.74) is -0.554. The molecule has 1 rings (SSSR count). The fourth-order valence-electron chi connectivity index (χ4n) is 2.22. The molecule has 0 spiro atoms. The molecule has 1 fully saturated rings. The van der Waals surface area contributed by atoms with Crippen LogP contribution < -0.4 is 0 Å². The number of nitrogens with zero attached hydrogens (tertiary/aromatic N) is 1. The van der Waals surface area contributed by atoms with Crippen LogP contribution in [0.3, 0.4) is 0 Å². The van der Waals surface area contributed by atoms with Gasteiger partial charge < -0.3 is 14.6 Å². The first-order chi connectivity index (χ1) is 7.57. The molecule has 1 heterocycles. The predicted octanol–water partition coefficient (Wildman–Crippen LogP) is 1.23. The summed E-state index contributed by atoms with van der Waals surface area (Å²) in [6.45, 7) is 9.64. The number of β-amino-alcohol motifs (C(OH)–C–C–N with tert-alkyl or cyclic N) is 1. The minimum absolute atomic E-state index is 0.163. The minimum Gasteiger partial charge on any atom is -0.389 e. The zero-order chi connectivity index (χ0) is 12.0. The fraction of sp³-hybridized carbons (Fsp3) is 1.00. The molecule has 0 amide bonds. The third kappa shape index (κ3) is 4.78. The molecule has 0 aliphatic carbocycles.